The first kappa shape index (κ1) is 14.8. The maximum Gasteiger partial charge on any atom is 0.305 e. The van der Waals surface area contributed by atoms with Gasteiger partial charge in [0.1, 0.15) is 5.75 Å². The molecule has 0 saturated carbocycles. The second-order valence-electron chi connectivity index (χ2n) is 3.90. The van der Waals surface area contributed by atoms with Gasteiger partial charge in [0.25, 0.3) is 5.91 Å². The van der Waals surface area contributed by atoms with Crippen molar-refractivity contribution in [2.24, 2.45) is 0 Å². The number of rotatable bonds is 6. The molecule has 0 fully saturated rings. The molecule has 0 radical (unpaired) electrons. The fourth-order valence-electron chi connectivity index (χ4n) is 1.53. The molecular formula is C13H18N2O4. The number of nitrogens with one attached hydrogen (secondary N) is 1. The van der Waals surface area contributed by atoms with E-state index in [2.05, 4.69) is 10.1 Å². The predicted molar refractivity (Wildman–Crippen MR) is 71.0 cm³/mol. The molecule has 0 spiro atoms. The van der Waals surface area contributed by atoms with Crippen molar-refractivity contribution in [1.82, 2.24) is 5.32 Å². The number of amides is 1. The van der Waals surface area contributed by atoms with Crippen LogP contribution in [0.3, 0.4) is 0 Å². The van der Waals surface area contributed by atoms with Gasteiger partial charge in [-0.05, 0) is 18.6 Å². The first-order valence-electron chi connectivity index (χ1n) is 5.87. The number of ether oxygens (including phenoxy) is 2. The smallest absolute Gasteiger partial charge is 0.305 e. The number of nitrogens with two attached hydrogens (primary N) is 1. The van der Waals surface area contributed by atoms with Crippen molar-refractivity contribution in [3.05, 3.63) is 23.8 Å². The second kappa shape index (κ2) is 7.25. The number of carbonyl (C=O) groups excluding carboxylic acids is 2. The Kier molecular flexibility index (Phi) is 5.66. The lowest BCUT2D eigenvalue weighted by Crippen LogP contribution is -2.25. The minimum atomic E-state index is -0.292. The lowest BCUT2D eigenvalue weighted by molar-refractivity contribution is -0.140. The zero-order valence-electron chi connectivity index (χ0n) is 11.1. The van der Waals surface area contributed by atoms with E-state index in [1.807, 2.05) is 0 Å². The molecule has 6 heteroatoms. The van der Waals surface area contributed by atoms with Crippen LogP contribution in [-0.4, -0.2) is 32.6 Å². The maximum atomic E-state index is 11.9. The van der Waals surface area contributed by atoms with E-state index in [0.29, 0.717) is 30.0 Å². The second-order valence-corrected chi connectivity index (χ2v) is 3.90. The quantitative estimate of drug-likeness (QED) is 0.454. The number of carbonyl (C=O) groups is 2. The van der Waals surface area contributed by atoms with Crippen LogP contribution >= 0.6 is 0 Å². The van der Waals surface area contributed by atoms with Gasteiger partial charge in [-0.3, -0.25) is 9.59 Å². The molecule has 0 bridgehead atoms. The zero-order chi connectivity index (χ0) is 14.3. The van der Waals surface area contributed by atoms with Crippen LogP contribution in [-0.2, 0) is 9.53 Å². The normalized spacial score (nSPS) is 9.79. The highest BCUT2D eigenvalue weighted by Crippen LogP contribution is 2.21. The Morgan fingerprint density at radius 1 is 1.32 bits per heavy atom. The molecule has 0 aromatic heterocycles. The zero-order valence-corrected chi connectivity index (χ0v) is 11.1. The van der Waals surface area contributed by atoms with Gasteiger partial charge in [-0.1, -0.05) is 0 Å². The highest BCUT2D eigenvalue weighted by atomic mass is 16.5. The number of anilines is 1. The van der Waals surface area contributed by atoms with E-state index in [1.165, 1.54) is 14.2 Å². The molecule has 19 heavy (non-hydrogen) atoms. The Bertz CT molecular complexity index is 460. The highest BCUT2D eigenvalue weighted by molar-refractivity contribution is 5.97. The Labute approximate surface area is 111 Å². The Morgan fingerprint density at radius 2 is 2.05 bits per heavy atom. The minimum Gasteiger partial charge on any atom is -0.496 e. The molecule has 1 aromatic carbocycles. The summed E-state index contributed by atoms with van der Waals surface area (Å²) in [6, 6.07) is 4.82. The summed E-state index contributed by atoms with van der Waals surface area (Å²) >= 11 is 0. The van der Waals surface area contributed by atoms with Crippen molar-refractivity contribution < 1.29 is 19.1 Å². The molecule has 1 rings (SSSR count). The molecule has 0 unspecified atom stereocenters. The molecule has 1 amide bonds. The number of esters is 1. The summed E-state index contributed by atoms with van der Waals surface area (Å²) in [5, 5.41) is 2.71. The maximum absolute atomic E-state index is 11.9. The van der Waals surface area contributed by atoms with Crippen molar-refractivity contribution in [2.45, 2.75) is 12.8 Å². The SMILES string of the molecule is COC(=O)CCCNC(=O)c1ccc(N)cc1OC. The summed E-state index contributed by atoms with van der Waals surface area (Å²) in [5.41, 5.74) is 6.55. The van der Waals surface area contributed by atoms with Gasteiger partial charge in [-0.2, -0.15) is 0 Å². The minimum absolute atomic E-state index is 0.262. The van der Waals surface area contributed by atoms with E-state index in [4.69, 9.17) is 10.5 Å². The summed E-state index contributed by atoms with van der Waals surface area (Å²) in [4.78, 5) is 22.8. The van der Waals surface area contributed by atoms with E-state index in [1.54, 1.807) is 18.2 Å². The average molecular weight is 266 g/mol. The van der Waals surface area contributed by atoms with Gasteiger partial charge in [-0.25, -0.2) is 0 Å². The van der Waals surface area contributed by atoms with Gasteiger partial charge in [0.15, 0.2) is 0 Å². The predicted octanol–water partition coefficient (Wildman–Crippen LogP) is 0.960. The number of nitrogen functional groups attached to an aromatic ring is 1. The Morgan fingerprint density at radius 3 is 2.68 bits per heavy atom. The number of methoxy groups -OCH3 is 2. The molecule has 0 atom stereocenters. The lowest BCUT2D eigenvalue weighted by Gasteiger charge is -2.09. The van der Waals surface area contributed by atoms with Crippen LogP contribution in [0.15, 0.2) is 18.2 Å². The molecule has 0 heterocycles. The van der Waals surface area contributed by atoms with E-state index in [0.717, 1.165) is 0 Å². The van der Waals surface area contributed by atoms with Gasteiger partial charge in [0.05, 0.1) is 19.8 Å². The highest BCUT2D eigenvalue weighted by Gasteiger charge is 2.12. The van der Waals surface area contributed by atoms with Crippen molar-refractivity contribution in [3.63, 3.8) is 0 Å². The summed E-state index contributed by atoms with van der Waals surface area (Å²) in [5.74, 6) is -0.133. The van der Waals surface area contributed by atoms with Gasteiger partial charge in [0.2, 0.25) is 0 Å². The molecule has 6 nitrogen and oxygen atoms in total. The van der Waals surface area contributed by atoms with Crippen LogP contribution in [0.1, 0.15) is 23.2 Å². The fraction of sp³-hybridized carbons (Fsp3) is 0.385. The third-order valence-electron chi connectivity index (χ3n) is 2.54. The molecule has 0 aliphatic heterocycles. The largest absolute Gasteiger partial charge is 0.496 e. The van der Waals surface area contributed by atoms with Gasteiger partial charge >= 0.3 is 5.97 Å². The van der Waals surface area contributed by atoms with Crippen molar-refractivity contribution in [2.75, 3.05) is 26.5 Å². The first-order valence-corrected chi connectivity index (χ1v) is 5.87. The van der Waals surface area contributed by atoms with Crippen LogP contribution in [0.4, 0.5) is 5.69 Å². The molecule has 3 N–H and O–H groups in total. The molecular weight excluding hydrogens is 248 g/mol. The average Bonchev–Trinajstić information content (AvgIpc) is 2.42. The van der Waals surface area contributed by atoms with Crippen LogP contribution < -0.4 is 15.8 Å². The van der Waals surface area contributed by atoms with Crippen molar-refractivity contribution in [1.29, 1.82) is 0 Å². The van der Waals surface area contributed by atoms with Gasteiger partial charge in [0, 0.05) is 24.7 Å². The number of hydrogen-bond donors (Lipinski definition) is 2. The number of benzene rings is 1. The topological polar surface area (TPSA) is 90.7 Å². The first-order chi connectivity index (χ1) is 9.08. The van der Waals surface area contributed by atoms with Crippen LogP contribution in [0.25, 0.3) is 0 Å². The van der Waals surface area contributed by atoms with E-state index in [9.17, 15) is 9.59 Å². The van der Waals surface area contributed by atoms with Crippen LogP contribution in [0.5, 0.6) is 5.75 Å². The Hall–Kier alpha value is -2.24. The summed E-state index contributed by atoms with van der Waals surface area (Å²) in [6.07, 6.45) is 0.797. The Balaban J connectivity index is 2.52. The fourth-order valence-corrected chi connectivity index (χ4v) is 1.53. The van der Waals surface area contributed by atoms with Crippen LogP contribution in [0.2, 0.25) is 0 Å². The van der Waals surface area contributed by atoms with Crippen molar-refractivity contribution in [3.8, 4) is 5.75 Å². The summed E-state index contributed by atoms with van der Waals surface area (Å²) in [6.45, 7) is 0.390. The molecule has 0 aliphatic carbocycles. The standard InChI is InChI=1S/C13H18N2O4/c1-18-11-8-9(14)5-6-10(11)13(17)15-7-3-4-12(16)19-2/h5-6,8H,3-4,7,14H2,1-2H3,(H,15,17). The van der Waals surface area contributed by atoms with E-state index < -0.39 is 0 Å². The summed E-state index contributed by atoms with van der Waals surface area (Å²) in [7, 11) is 2.81. The third kappa shape index (κ3) is 4.50. The third-order valence-corrected chi connectivity index (χ3v) is 2.54. The van der Waals surface area contributed by atoms with Crippen molar-refractivity contribution >= 4 is 17.6 Å². The lowest BCUT2D eigenvalue weighted by atomic mass is 10.1. The van der Waals surface area contributed by atoms with E-state index >= 15 is 0 Å². The molecule has 0 saturated heterocycles. The number of hydrogen-bond acceptors (Lipinski definition) is 5. The monoisotopic (exact) mass is 266 g/mol. The molecule has 104 valence electrons. The molecule has 0 aliphatic rings. The molecule has 1 aromatic rings. The summed E-state index contributed by atoms with van der Waals surface area (Å²) < 4.78 is 9.60. The van der Waals surface area contributed by atoms with Gasteiger partial charge < -0.3 is 20.5 Å². The van der Waals surface area contributed by atoms with Crippen LogP contribution in [0, 0.1) is 0 Å². The van der Waals surface area contributed by atoms with Gasteiger partial charge in [-0.15, -0.1) is 0 Å². The van der Waals surface area contributed by atoms with E-state index in [-0.39, 0.29) is 18.3 Å².